The molecule has 32 heavy (non-hydrogen) atoms. The molecule has 0 bridgehead atoms. The summed E-state index contributed by atoms with van der Waals surface area (Å²) in [5, 5.41) is 5.05. The summed E-state index contributed by atoms with van der Waals surface area (Å²) in [4.78, 5) is 16.3. The van der Waals surface area contributed by atoms with Gasteiger partial charge in [-0.3, -0.25) is 4.79 Å². The van der Waals surface area contributed by atoms with Gasteiger partial charge in [0, 0.05) is 23.4 Å². The molecule has 1 atom stereocenters. The van der Waals surface area contributed by atoms with Gasteiger partial charge in [0.2, 0.25) is 0 Å². The van der Waals surface area contributed by atoms with Gasteiger partial charge < -0.3 is 10.2 Å². The molecule has 2 aromatic carbocycles. The molecule has 1 unspecified atom stereocenters. The van der Waals surface area contributed by atoms with Gasteiger partial charge in [-0.1, -0.05) is 42.8 Å². The molecule has 0 spiro atoms. The Hall–Kier alpha value is -2.97. The summed E-state index contributed by atoms with van der Waals surface area (Å²) in [6.07, 6.45) is 3.63. The quantitative estimate of drug-likeness (QED) is 0.603. The van der Waals surface area contributed by atoms with Crippen LogP contribution in [0.25, 0.3) is 0 Å². The van der Waals surface area contributed by atoms with E-state index in [9.17, 15) is 13.2 Å². The number of carbonyl (C=O) groups is 1. The molecule has 0 radical (unpaired) electrons. The Balaban J connectivity index is 1.48. The van der Waals surface area contributed by atoms with Crippen molar-refractivity contribution in [1.29, 1.82) is 0 Å². The number of thiophene rings is 1. The lowest BCUT2D eigenvalue weighted by molar-refractivity contribution is 0.0943. The second-order valence-corrected chi connectivity index (χ2v) is 10.5. The van der Waals surface area contributed by atoms with Crippen molar-refractivity contribution in [1.82, 2.24) is 5.32 Å². The van der Waals surface area contributed by atoms with Crippen molar-refractivity contribution >= 4 is 38.8 Å². The molecular formula is C24H23N3O3S2. The lowest BCUT2D eigenvalue weighted by Gasteiger charge is -2.29. The number of carbonyl (C=O) groups excluding carboxylic acids is 1. The first-order valence-corrected chi connectivity index (χ1v) is 13.0. The summed E-state index contributed by atoms with van der Waals surface area (Å²) in [6, 6.07) is 18.3. The van der Waals surface area contributed by atoms with E-state index in [1.165, 1.54) is 6.07 Å². The normalized spacial score (nSPS) is 18.0. The zero-order valence-corrected chi connectivity index (χ0v) is 19.0. The molecule has 164 valence electrons. The minimum atomic E-state index is -3.84. The molecule has 6 nitrogen and oxygen atoms in total. The van der Waals surface area contributed by atoms with E-state index in [2.05, 4.69) is 9.71 Å². The van der Waals surface area contributed by atoms with Crippen molar-refractivity contribution in [3.63, 3.8) is 0 Å². The number of anilines is 1. The van der Waals surface area contributed by atoms with Crippen LogP contribution in [-0.2, 0) is 10.0 Å². The highest BCUT2D eigenvalue weighted by Crippen LogP contribution is 2.35. The maximum atomic E-state index is 13.2. The first-order valence-electron chi connectivity index (χ1n) is 10.7. The standard InChI is InChI=1S/C24H23N3O3S2/c28-24(25-23(20-10-7-15-31-20)17-8-3-1-4-9-17)18-12-13-19-21(16-18)32(29,30)26-22-11-5-2-6-14-27(19)22/h1,3-4,7-10,12-13,15-16,23H,2,5-6,11,14H2,(H,25,28). The van der Waals surface area contributed by atoms with Crippen molar-refractivity contribution in [2.24, 2.45) is 4.40 Å². The molecule has 3 heterocycles. The van der Waals surface area contributed by atoms with Crippen LogP contribution < -0.4 is 10.2 Å². The number of rotatable bonds is 4. The largest absolute Gasteiger partial charge is 0.340 e. The predicted molar refractivity (Wildman–Crippen MR) is 127 cm³/mol. The third-order valence-corrected chi connectivity index (χ3v) is 8.12. The third kappa shape index (κ3) is 3.96. The van der Waals surface area contributed by atoms with Crippen LogP contribution in [0.15, 0.2) is 75.3 Å². The lowest BCUT2D eigenvalue weighted by atomic mass is 10.0. The van der Waals surface area contributed by atoms with Gasteiger partial charge in [0.25, 0.3) is 15.9 Å². The summed E-state index contributed by atoms with van der Waals surface area (Å²) in [5.74, 6) is 0.282. The van der Waals surface area contributed by atoms with E-state index in [1.54, 1.807) is 23.5 Å². The third-order valence-electron chi connectivity index (χ3n) is 5.85. The molecule has 8 heteroatoms. The predicted octanol–water partition coefficient (Wildman–Crippen LogP) is 4.75. The minimum absolute atomic E-state index is 0.100. The van der Waals surface area contributed by atoms with Crippen molar-refractivity contribution in [3.8, 4) is 0 Å². The highest BCUT2D eigenvalue weighted by molar-refractivity contribution is 7.90. The van der Waals surface area contributed by atoms with Gasteiger partial charge in [0.15, 0.2) is 0 Å². The summed E-state index contributed by atoms with van der Waals surface area (Å²) in [5.41, 5.74) is 1.89. The maximum absolute atomic E-state index is 13.2. The first kappa shape index (κ1) is 20.9. The fourth-order valence-electron chi connectivity index (χ4n) is 4.26. The summed E-state index contributed by atoms with van der Waals surface area (Å²) in [7, 11) is -3.84. The number of amidine groups is 1. The Kier molecular flexibility index (Phi) is 5.57. The smallest absolute Gasteiger partial charge is 0.286 e. The lowest BCUT2D eigenvalue weighted by Crippen LogP contribution is -2.35. The SMILES string of the molecule is O=C(NC(c1ccccc1)c1cccs1)c1ccc2c(c1)S(=O)(=O)N=C1CCCCCN12. The second kappa shape index (κ2) is 8.52. The van der Waals surface area contributed by atoms with Crippen molar-refractivity contribution in [2.75, 3.05) is 11.4 Å². The fourth-order valence-corrected chi connectivity index (χ4v) is 6.34. The molecule has 0 saturated carbocycles. The van der Waals surface area contributed by atoms with E-state index in [-0.39, 0.29) is 16.8 Å². The molecule has 2 aliphatic rings. The topological polar surface area (TPSA) is 78.8 Å². The van der Waals surface area contributed by atoms with Crippen LogP contribution in [0.4, 0.5) is 5.69 Å². The second-order valence-electron chi connectivity index (χ2n) is 7.96. The summed E-state index contributed by atoms with van der Waals surface area (Å²) < 4.78 is 29.9. The summed E-state index contributed by atoms with van der Waals surface area (Å²) in [6.45, 7) is 0.737. The van der Waals surface area contributed by atoms with Crippen LogP contribution in [0.1, 0.15) is 52.5 Å². The van der Waals surface area contributed by atoms with Crippen LogP contribution in [0.2, 0.25) is 0 Å². The van der Waals surface area contributed by atoms with Gasteiger partial charge in [-0.05, 0) is 48.1 Å². The van der Waals surface area contributed by atoms with Crippen LogP contribution in [0.3, 0.4) is 0 Å². The number of hydrogen-bond acceptors (Lipinski definition) is 5. The van der Waals surface area contributed by atoms with Crippen LogP contribution in [0, 0.1) is 0 Å². The average Bonchev–Trinajstić information content (AvgIpc) is 3.23. The zero-order chi connectivity index (χ0) is 22.1. The van der Waals surface area contributed by atoms with Gasteiger partial charge in [0.05, 0.1) is 11.7 Å². The number of hydrogen-bond donors (Lipinski definition) is 1. The molecular weight excluding hydrogens is 442 g/mol. The van der Waals surface area contributed by atoms with Crippen LogP contribution in [-0.4, -0.2) is 26.7 Å². The molecule has 0 aliphatic carbocycles. The van der Waals surface area contributed by atoms with E-state index >= 15 is 0 Å². The highest BCUT2D eigenvalue weighted by Gasteiger charge is 2.32. The van der Waals surface area contributed by atoms with Gasteiger partial charge in [-0.25, -0.2) is 0 Å². The van der Waals surface area contributed by atoms with Crippen molar-refractivity contribution in [3.05, 3.63) is 82.0 Å². The van der Waals surface area contributed by atoms with E-state index in [4.69, 9.17) is 0 Å². The number of nitrogens with one attached hydrogen (secondary N) is 1. The van der Waals surface area contributed by atoms with E-state index in [0.29, 0.717) is 23.5 Å². The average molecular weight is 466 g/mol. The summed E-state index contributed by atoms with van der Waals surface area (Å²) >= 11 is 1.56. The molecule has 1 N–H and O–H groups in total. The van der Waals surface area contributed by atoms with Crippen LogP contribution in [0.5, 0.6) is 0 Å². The zero-order valence-electron chi connectivity index (χ0n) is 17.4. The number of sulfonamides is 1. The molecule has 5 rings (SSSR count). The van der Waals surface area contributed by atoms with Gasteiger partial charge >= 0.3 is 0 Å². The van der Waals surface area contributed by atoms with Crippen LogP contribution >= 0.6 is 11.3 Å². The Morgan fingerprint density at radius 3 is 2.66 bits per heavy atom. The highest BCUT2D eigenvalue weighted by atomic mass is 32.2. The van der Waals surface area contributed by atoms with Gasteiger partial charge in [0.1, 0.15) is 10.7 Å². The number of amides is 1. The molecule has 1 aromatic heterocycles. The van der Waals surface area contributed by atoms with E-state index in [1.807, 2.05) is 52.7 Å². The van der Waals surface area contributed by atoms with Crippen molar-refractivity contribution in [2.45, 2.75) is 36.6 Å². The minimum Gasteiger partial charge on any atom is -0.340 e. The fraction of sp³-hybridized carbons (Fsp3) is 0.250. The number of nitrogens with zero attached hydrogens (tertiary/aromatic N) is 2. The molecule has 1 fully saturated rings. The van der Waals surface area contributed by atoms with Crippen molar-refractivity contribution < 1.29 is 13.2 Å². The van der Waals surface area contributed by atoms with Gasteiger partial charge in [-0.2, -0.15) is 8.42 Å². The molecule has 1 amide bonds. The molecule has 1 saturated heterocycles. The Labute approximate surface area is 191 Å². The monoisotopic (exact) mass is 465 g/mol. The van der Waals surface area contributed by atoms with E-state index in [0.717, 1.165) is 36.2 Å². The Bertz CT molecular complexity index is 1270. The van der Waals surface area contributed by atoms with Gasteiger partial charge in [-0.15, -0.1) is 15.7 Å². The van der Waals surface area contributed by atoms with E-state index < -0.39 is 10.0 Å². The number of benzene rings is 2. The first-order chi connectivity index (χ1) is 15.5. The molecule has 2 aliphatic heterocycles. The number of fused-ring (bicyclic) bond motifs is 3. The molecule has 3 aromatic rings. The Morgan fingerprint density at radius 1 is 1.03 bits per heavy atom. The Morgan fingerprint density at radius 2 is 1.88 bits per heavy atom. The maximum Gasteiger partial charge on any atom is 0.286 e.